The number of benzene rings is 3. The lowest BCUT2D eigenvalue weighted by Gasteiger charge is -2.05. The fraction of sp³-hybridized carbons (Fsp3) is 0.0800. The van der Waals surface area contributed by atoms with Crippen LogP contribution in [0.5, 0.6) is 0 Å². The van der Waals surface area contributed by atoms with Crippen LogP contribution in [0.3, 0.4) is 0 Å². The van der Waals surface area contributed by atoms with Crippen molar-refractivity contribution in [3.8, 4) is 22.5 Å². The van der Waals surface area contributed by atoms with Crippen molar-refractivity contribution in [1.82, 2.24) is 9.97 Å². The molecule has 6 heteroatoms. The molecule has 4 aromatic rings. The Morgan fingerprint density at radius 1 is 0.903 bits per heavy atom. The largest absolute Gasteiger partial charge is 0.332 e. The third-order valence-corrected chi connectivity index (χ3v) is 5.56. The fourth-order valence-electron chi connectivity index (χ4n) is 3.19. The van der Waals surface area contributed by atoms with Gasteiger partial charge in [-0.15, -0.1) is 0 Å². The van der Waals surface area contributed by atoms with Crippen molar-refractivity contribution in [3.05, 3.63) is 90.5 Å². The number of amides is 1. The zero-order valence-electron chi connectivity index (χ0n) is 17.0. The summed E-state index contributed by atoms with van der Waals surface area (Å²) in [7, 11) is 0. The van der Waals surface area contributed by atoms with Gasteiger partial charge in [-0.2, -0.15) is 0 Å². The van der Waals surface area contributed by atoms with E-state index in [1.807, 2.05) is 60.7 Å². The highest BCUT2D eigenvalue weighted by molar-refractivity contribution is 7.99. The average Bonchev–Trinajstić information content (AvgIpc) is 3.23. The van der Waals surface area contributed by atoms with E-state index in [-0.39, 0.29) is 17.4 Å². The van der Waals surface area contributed by atoms with Gasteiger partial charge in [-0.1, -0.05) is 84.6 Å². The number of carbonyl (C=O) groups excluding carboxylic acids is 2. The number of nitrogens with one attached hydrogen (secondary N) is 2. The third kappa shape index (κ3) is 5.10. The predicted molar refractivity (Wildman–Crippen MR) is 125 cm³/mol. The zero-order valence-corrected chi connectivity index (χ0v) is 17.8. The fourth-order valence-corrected chi connectivity index (χ4v) is 3.86. The number of aromatic amines is 1. The maximum Gasteiger partial charge on any atom is 0.234 e. The van der Waals surface area contributed by atoms with Crippen molar-refractivity contribution < 1.29 is 9.59 Å². The molecule has 31 heavy (non-hydrogen) atoms. The number of hydrogen-bond donors (Lipinski definition) is 2. The molecule has 1 amide bonds. The quantitative estimate of drug-likeness (QED) is 0.294. The minimum atomic E-state index is -0.162. The van der Waals surface area contributed by atoms with Gasteiger partial charge in [0.2, 0.25) is 5.91 Å². The molecule has 2 N–H and O–H groups in total. The Morgan fingerprint density at radius 2 is 1.58 bits per heavy atom. The van der Waals surface area contributed by atoms with Crippen LogP contribution >= 0.6 is 11.8 Å². The first-order valence-electron chi connectivity index (χ1n) is 9.84. The highest BCUT2D eigenvalue weighted by atomic mass is 32.2. The Bertz CT molecular complexity index is 1150. The average molecular weight is 428 g/mol. The predicted octanol–water partition coefficient (Wildman–Crippen LogP) is 5.68. The maximum atomic E-state index is 12.4. The molecule has 1 aromatic heterocycles. The summed E-state index contributed by atoms with van der Waals surface area (Å²) >= 11 is 1.34. The Morgan fingerprint density at radius 3 is 2.26 bits per heavy atom. The first-order chi connectivity index (χ1) is 15.1. The van der Waals surface area contributed by atoms with Gasteiger partial charge in [-0.05, 0) is 19.1 Å². The molecule has 0 spiro atoms. The summed E-state index contributed by atoms with van der Waals surface area (Å²) in [5.41, 5.74) is 4.98. The van der Waals surface area contributed by atoms with Gasteiger partial charge in [0.1, 0.15) is 0 Å². The summed E-state index contributed by atoms with van der Waals surface area (Å²) in [4.78, 5) is 32.1. The van der Waals surface area contributed by atoms with Gasteiger partial charge >= 0.3 is 0 Å². The van der Waals surface area contributed by atoms with Gasteiger partial charge in [-0.25, -0.2) is 4.98 Å². The van der Waals surface area contributed by atoms with E-state index in [0.29, 0.717) is 16.4 Å². The van der Waals surface area contributed by atoms with Gasteiger partial charge in [-0.3, -0.25) is 9.59 Å². The molecule has 0 radical (unpaired) electrons. The number of nitrogens with zero attached hydrogens (tertiary/aromatic N) is 1. The van der Waals surface area contributed by atoms with Crippen LogP contribution in [0.25, 0.3) is 22.5 Å². The lowest BCUT2D eigenvalue weighted by Crippen LogP contribution is -2.14. The van der Waals surface area contributed by atoms with Crippen LogP contribution in [0.4, 0.5) is 5.69 Å². The number of Topliss-reactive ketones (excluding diaryl/α,β-unsaturated/α-hetero) is 1. The van der Waals surface area contributed by atoms with E-state index < -0.39 is 0 Å². The number of anilines is 1. The Labute approximate surface area is 184 Å². The lowest BCUT2D eigenvalue weighted by molar-refractivity contribution is -0.113. The molecule has 0 saturated heterocycles. The van der Waals surface area contributed by atoms with Gasteiger partial charge in [0.15, 0.2) is 10.9 Å². The van der Waals surface area contributed by atoms with Crippen molar-refractivity contribution in [2.24, 2.45) is 0 Å². The monoisotopic (exact) mass is 427 g/mol. The van der Waals surface area contributed by atoms with E-state index in [9.17, 15) is 9.59 Å². The second kappa shape index (κ2) is 9.45. The van der Waals surface area contributed by atoms with Crippen molar-refractivity contribution in [2.75, 3.05) is 11.1 Å². The van der Waals surface area contributed by atoms with Crippen LogP contribution in [0.2, 0.25) is 0 Å². The number of H-pyrrole nitrogens is 1. The SMILES string of the molecule is CC(=O)c1cccc(NC(=O)CSc2nc(-c3ccccc3)c(-c3ccccc3)[nH]2)c1. The molecule has 0 bridgehead atoms. The number of ketones is 1. The Balaban J connectivity index is 1.51. The van der Waals surface area contributed by atoms with Gasteiger partial charge in [0.05, 0.1) is 17.1 Å². The molecule has 0 aliphatic carbocycles. The number of rotatable bonds is 7. The first-order valence-corrected chi connectivity index (χ1v) is 10.8. The number of aromatic nitrogens is 2. The first kappa shape index (κ1) is 20.6. The van der Waals surface area contributed by atoms with E-state index in [4.69, 9.17) is 4.98 Å². The molecule has 0 atom stereocenters. The molecule has 0 saturated carbocycles. The summed E-state index contributed by atoms with van der Waals surface area (Å²) in [6.45, 7) is 1.50. The van der Waals surface area contributed by atoms with Crippen LogP contribution in [0.1, 0.15) is 17.3 Å². The molecule has 5 nitrogen and oxygen atoms in total. The topological polar surface area (TPSA) is 74.8 Å². The lowest BCUT2D eigenvalue weighted by atomic mass is 10.1. The van der Waals surface area contributed by atoms with Crippen molar-refractivity contribution in [3.63, 3.8) is 0 Å². The molecule has 0 fully saturated rings. The number of hydrogen-bond acceptors (Lipinski definition) is 4. The number of imidazole rings is 1. The van der Waals surface area contributed by atoms with Crippen LogP contribution in [0, 0.1) is 0 Å². The van der Waals surface area contributed by atoms with Crippen LogP contribution in [0.15, 0.2) is 90.1 Å². The third-order valence-electron chi connectivity index (χ3n) is 4.68. The van der Waals surface area contributed by atoms with E-state index >= 15 is 0 Å². The van der Waals surface area contributed by atoms with Gasteiger partial charge < -0.3 is 10.3 Å². The Hall–Kier alpha value is -3.64. The Kier molecular flexibility index (Phi) is 6.29. The zero-order chi connectivity index (χ0) is 21.6. The van der Waals surface area contributed by atoms with Crippen molar-refractivity contribution in [2.45, 2.75) is 12.1 Å². The summed E-state index contributed by atoms with van der Waals surface area (Å²) < 4.78 is 0. The minimum Gasteiger partial charge on any atom is -0.332 e. The van der Waals surface area contributed by atoms with E-state index in [1.165, 1.54) is 18.7 Å². The molecule has 0 unspecified atom stereocenters. The van der Waals surface area contributed by atoms with Crippen LogP contribution in [-0.2, 0) is 4.79 Å². The van der Waals surface area contributed by atoms with Gasteiger partial charge in [0, 0.05) is 22.4 Å². The second-order valence-electron chi connectivity index (χ2n) is 6.97. The summed E-state index contributed by atoms with van der Waals surface area (Å²) in [6.07, 6.45) is 0. The van der Waals surface area contributed by atoms with Crippen molar-refractivity contribution >= 4 is 29.1 Å². The normalized spacial score (nSPS) is 10.6. The van der Waals surface area contributed by atoms with Crippen molar-refractivity contribution in [1.29, 1.82) is 0 Å². The summed E-state index contributed by atoms with van der Waals surface area (Å²) in [5, 5.41) is 3.51. The van der Waals surface area contributed by atoms with Crippen LogP contribution in [-0.4, -0.2) is 27.4 Å². The molecule has 154 valence electrons. The summed E-state index contributed by atoms with van der Waals surface area (Å²) in [5.74, 6) is -0.00661. The van der Waals surface area contributed by atoms with Gasteiger partial charge in [0.25, 0.3) is 0 Å². The molecule has 0 aliphatic heterocycles. The van der Waals surface area contributed by atoms with E-state index in [1.54, 1.807) is 24.3 Å². The standard InChI is InChI=1S/C25H21N3O2S/c1-17(29)20-13-8-14-21(15-20)26-22(30)16-31-25-27-23(18-9-4-2-5-10-18)24(28-25)19-11-6-3-7-12-19/h2-15H,16H2,1H3,(H,26,30)(H,27,28). The second-order valence-corrected chi connectivity index (χ2v) is 7.94. The highest BCUT2D eigenvalue weighted by Gasteiger charge is 2.15. The molecule has 0 aliphatic rings. The summed E-state index contributed by atoms with van der Waals surface area (Å²) in [6, 6.07) is 26.9. The molecular formula is C25H21N3O2S. The van der Waals surface area contributed by atoms with Crippen LogP contribution < -0.4 is 5.32 Å². The molecule has 4 rings (SSSR count). The highest BCUT2D eigenvalue weighted by Crippen LogP contribution is 2.32. The number of carbonyl (C=O) groups is 2. The molecule has 1 heterocycles. The minimum absolute atomic E-state index is 0.0389. The maximum absolute atomic E-state index is 12.4. The van der Waals surface area contributed by atoms with E-state index in [0.717, 1.165) is 22.5 Å². The van der Waals surface area contributed by atoms with E-state index in [2.05, 4.69) is 10.3 Å². The number of thioether (sulfide) groups is 1. The molecule has 3 aromatic carbocycles. The smallest absolute Gasteiger partial charge is 0.234 e. The molecular weight excluding hydrogens is 406 g/mol.